The van der Waals surface area contributed by atoms with E-state index < -0.39 is 9.84 Å². The minimum absolute atomic E-state index is 0.0641. The number of amides is 1. The molecular weight excluding hydrogens is 438 g/mol. The van der Waals surface area contributed by atoms with Crippen LogP contribution in [0.15, 0.2) is 72.1 Å². The first-order valence-electron chi connectivity index (χ1n) is 10.9. The molecule has 1 amide bonds. The molecule has 0 spiro atoms. The van der Waals surface area contributed by atoms with Crippen LogP contribution in [0.1, 0.15) is 52.9 Å². The van der Waals surface area contributed by atoms with Crippen LogP contribution in [-0.2, 0) is 22.0 Å². The number of carbonyl (C=O) groups excluding carboxylic acids is 1. The number of fused-ring (bicyclic) bond motifs is 3. The van der Waals surface area contributed by atoms with Crippen LogP contribution < -0.4 is 5.32 Å². The number of rotatable bonds is 9. The summed E-state index contributed by atoms with van der Waals surface area (Å²) in [6.07, 6.45) is 8.91. The van der Waals surface area contributed by atoms with E-state index in [4.69, 9.17) is 0 Å². The Morgan fingerprint density at radius 1 is 1.03 bits per heavy atom. The summed E-state index contributed by atoms with van der Waals surface area (Å²) < 4.78 is 25.2. The number of unbranched alkanes of at least 4 members (excludes halogenated alkanes) is 4. The highest BCUT2D eigenvalue weighted by atomic mass is 32.2. The van der Waals surface area contributed by atoms with E-state index in [9.17, 15) is 13.2 Å². The van der Waals surface area contributed by atoms with Crippen LogP contribution in [0.5, 0.6) is 0 Å². The van der Waals surface area contributed by atoms with E-state index in [0.29, 0.717) is 20.9 Å². The predicted molar refractivity (Wildman–Crippen MR) is 132 cm³/mol. The van der Waals surface area contributed by atoms with Gasteiger partial charge in [-0.25, -0.2) is 8.42 Å². The third-order valence-corrected chi connectivity index (χ3v) is 8.61. The van der Waals surface area contributed by atoms with Gasteiger partial charge in [0, 0.05) is 16.1 Å². The van der Waals surface area contributed by atoms with Crippen molar-refractivity contribution in [1.82, 2.24) is 0 Å². The number of aryl methyl sites for hydroxylation is 1. The average Bonchev–Trinajstić information content (AvgIpc) is 3.21. The summed E-state index contributed by atoms with van der Waals surface area (Å²) in [6.45, 7) is 3.75. The van der Waals surface area contributed by atoms with Crippen molar-refractivity contribution in [2.24, 2.45) is 0 Å². The van der Waals surface area contributed by atoms with Crippen molar-refractivity contribution in [1.29, 1.82) is 0 Å². The molecule has 0 bridgehead atoms. The zero-order valence-corrected chi connectivity index (χ0v) is 19.6. The smallest absolute Gasteiger partial charge is 0.265 e. The summed E-state index contributed by atoms with van der Waals surface area (Å²) in [5, 5.41) is 2.94. The number of nitrogens with one attached hydrogen (secondary N) is 1. The van der Waals surface area contributed by atoms with E-state index in [1.165, 1.54) is 36.2 Å². The monoisotopic (exact) mass is 465 g/mol. The van der Waals surface area contributed by atoms with Gasteiger partial charge in [-0.15, -0.1) is 17.9 Å². The summed E-state index contributed by atoms with van der Waals surface area (Å²) >= 11 is 1.35. The van der Waals surface area contributed by atoms with Crippen molar-refractivity contribution in [3.05, 3.63) is 83.3 Å². The second-order valence-corrected chi connectivity index (χ2v) is 11.1. The molecule has 0 radical (unpaired) electrons. The van der Waals surface area contributed by atoms with Gasteiger partial charge in [-0.1, -0.05) is 49.2 Å². The molecule has 0 aliphatic carbocycles. The Bertz CT molecular complexity index is 1220. The van der Waals surface area contributed by atoms with E-state index >= 15 is 0 Å². The maximum absolute atomic E-state index is 12.8. The van der Waals surface area contributed by atoms with E-state index in [0.717, 1.165) is 29.8 Å². The minimum Gasteiger partial charge on any atom is -0.321 e. The SMILES string of the molecule is C=CCCCCCCc1ccc(NC(=O)c2cc3c(s2)-c2ccccc2S(=O)(=O)C3)cc1. The normalized spacial score (nSPS) is 13.8. The van der Waals surface area contributed by atoms with Crippen LogP contribution in [-0.4, -0.2) is 14.3 Å². The highest BCUT2D eigenvalue weighted by Gasteiger charge is 2.30. The molecule has 1 aliphatic rings. The van der Waals surface area contributed by atoms with Crippen LogP contribution in [0, 0.1) is 0 Å². The van der Waals surface area contributed by atoms with Crippen molar-refractivity contribution in [2.75, 3.05) is 5.32 Å². The molecule has 2 heterocycles. The van der Waals surface area contributed by atoms with Crippen molar-refractivity contribution in [2.45, 2.75) is 49.2 Å². The Hall–Kier alpha value is -2.70. The van der Waals surface area contributed by atoms with E-state index in [1.807, 2.05) is 24.3 Å². The van der Waals surface area contributed by atoms with E-state index in [1.54, 1.807) is 24.3 Å². The van der Waals surface area contributed by atoms with Gasteiger partial charge in [0.2, 0.25) is 0 Å². The maximum atomic E-state index is 12.8. The van der Waals surface area contributed by atoms with Gasteiger partial charge < -0.3 is 5.32 Å². The molecular formula is C26H27NO3S2. The van der Waals surface area contributed by atoms with Crippen LogP contribution in [0.2, 0.25) is 0 Å². The number of anilines is 1. The Balaban J connectivity index is 1.40. The third-order valence-electron chi connectivity index (χ3n) is 5.68. The molecule has 0 atom stereocenters. The first kappa shape index (κ1) is 22.5. The third kappa shape index (κ3) is 5.03. The Kier molecular flexibility index (Phi) is 6.92. The Labute approximate surface area is 193 Å². The number of sulfone groups is 1. The molecule has 0 fully saturated rings. The molecule has 166 valence electrons. The zero-order valence-electron chi connectivity index (χ0n) is 18.0. The Morgan fingerprint density at radius 2 is 1.78 bits per heavy atom. The van der Waals surface area contributed by atoms with Gasteiger partial charge in [0.05, 0.1) is 15.5 Å². The van der Waals surface area contributed by atoms with E-state index in [2.05, 4.69) is 24.0 Å². The lowest BCUT2D eigenvalue weighted by atomic mass is 10.1. The Morgan fingerprint density at radius 3 is 2.56 bits per heavy atom. The summed E-state index contributed by atoms with van der Waals surface area (Å²) in [5.74, 6) is -0.278. The number of hydrogen-bond donors (Lipinski definition) is 1. The van der Waals surface area contributed by atoms with Gasteiger partial charge in [0.25, 0.3) is 5.91 Å². The number of allylic oxidation sites excluding steroid dienone is 1. The second-order valence-electron chi connectivity index (χ2n) is 8.11. The fourth-order valence-electron chi connectivity index (χ4n) is 4.00. The van der Waals surface area contributed by atoms with Crippen molar-refractivity contribution < 1.29 is 13.2 Å². The fourth-order valence-corrected chi connectivity index (χ4v) is 6.86. The number of hydrogen-bond acceptors (Lipinski definition) is 4. The standard InChI is InChI=1S/C26H27NO3S2/c1-2-3-4-5-6-7-10-19-13-15-21(16-14-19)27-26(28)23-17-20-18-32(29,30)24-12-9-8-11-22(24)25(20)31-23/h2,8-9,11-17H,1,3-7,10,18H2,(H,27,28). The van der Waals surface area contributed by atoms with Gasteiger partial charge >= 0.3 is 0 Å². The van der Waals surface area contributed by atoms with E-state index in [-0.39, 0.29) is 11.7 Å². The molecule has 1 aromatic heterocycles. The number of benzene rings is 2. The molecule has 4 rings (SSSR count). The lowest BCUT2D eigenvalue weighted by Crippen LogP contribution is -2.11. The second kappa shape index (κ2) is 9.84. The minimum atomic E-state index is -3.38. The molecule has 3 aromatic rings. The molecule has 2 aromatic carbocycles. The topological polar surface area (TPSA) is 63.2 Å². The lowest BCUT2D eigenvalue weighted by molar-refractivity contribution is 0.103. The first-order chi connectivity index (χ1) is 15.5. The average molecular weight is 466 g/mol. The maximum Gasteiger partial charge on any atom is 0.265 e. The molecule has 0 saturated heterocycles. The predicted octanol–water partition coefficient (Wildman–Crippen LogP) is 6.63. The highest BCUT2D eigenvalue weighted by molar-refractivity contribution is 7.91. The van der Waals surface area contributed by atoms with Crippen LogP contribution in [0.3, 0.4) is 0 Å². The van der Waals surface area contributed by atoms with Crippen LogP contribution in [0.4, 0.5) is 5.69 Å². The molecule has 1 N–H and O–H groups in total. The number of carbonyl (C=O) groups is 1. The molecule has 4 nitrogen and oxygen atoms in total. The van der Waals surface area contributed by atoms with Gasteiger partial charge in [0.1, 0.15) is 0 Å². The summed E-state index contributed by atoms with van der Waals surface area (Å²) in [4.78, 5) is 14.6. The summed E-state index contributed by atoms with van der Waals surface area (Å²) in [6, 6.07) is 16.7. The first-order valence-corrected chi connectivity index (χ1v) is 13.4. The lowest BCUT2D eigenvalue weighted by Gasteiger charge is -2.15. The highest BCUT2D eigenvalue weighted by Crippen LogP contribution is 2.42. The number of thiophene rings is 1. The summed E-state index contributed by atoms with van der Waals surface area (Å²) in [7, 11) is -3.38. The van der Waals surface area contributed by atoms with Crippen molar-refractivity contribution in [3.8, 4) is 10.4 Å². The van der Waals surface area contributed by atoms with Crippen molar-refractivity contribution in [3.63, 3.8) is 0 Å². The van der Waals surface area contributed by atoms with Crippen LogP contribution in [0.25, 0.3) is 10.4 Å². The van der Waals surface area contributed by atoms with Gasteiger partial charge in [-0.2, -0.15) is 0 Å². The van der Waals surface area contributed by atoms with Crippen LogP contribution >= 0.6 is 11.3 Å². The largest absolute Gasteiger partial charge is 0.321 e. The quantitative estimate of drug-likeness (QED) is 0.285. The summed E-state index contributed by atoms with van der Waals surface area (Å²) in [5.41, 5.74) is 3.39. The fraction of sp³-hybridized carbons (Fsp3) is 0.269. The molecule has 0 unspecified atom stereocenters. The van der Waals surface area contributed by atoms with Crippen molar-refractivity contribution >= 4 is 32.8 Å². The molecule has 1 aliphatic heterocycles. The van der Waals surface area contributed by atoms with Gasteiger partial charge in [-0.05, 0) is 61.1 Å². The zero-order chi connectivity index (χ0) is 22.6. The van der Waals surface area contributed by atoms with Gasteiger partial charge in [0.15, 0.2) is 9.84 Å². The molecule has 32 heavy (non-hydrogen) atoms. The molecule has 0 saturated carbocycles. The van der Waals surface area contributed by atoms with Gasteiger partial charge in [-0.3, -0.25) is 4.79 Å². The molecule has 6 heteroatoms.